The molecule has 0 saturated carbocycles. The Labute approximate surface area is 211 Å². The first-order valence-corrected chi connectivity index (χ1v) is 11.7. The monoisotopic (exact) mass is 489 g/mol. The second kappa shape index (κ2) is 12.4. The van der Waals surface area contributed by atoms with Crippen LogP contribution in [0.25, 0.3) is 0 Å². The van der Waals surface area contributed by atoms with Gasteiger partial charge in [0.15, 0.2) is 0 Å². The SMILES string of the molecule is CCOc1ccc(C(=O)N[C@H](C(=O)Nc2ccc(C(=O)Nc3ccc(OC)cc3)cc2)C(C)C)cc1. The molecule has 0 aliphatic rings. The van der Waals surface area contributed by atoms with E-state index in [0.29, 0.717) is 40.6 Å². The van der Waals surface area contributed by atoms with E-state index < -0.39 is 6.04 Å². The maximum absolute atomic E-state index is 12.9. The summed E-state index contributed by atoms with van der Waals surface area (Å²) >= 11 is 0. The van der Waals surface area contributed by atoms with Gasteiger partial charge in [0.1, 0.15) is 17.5 Å². The molecule has 3 amide bonds. The predicted octanol–water partition coefficient (Wildman–Crippen LogP) is 4.74. The highest BCUT2D eigenvalue weighted by Gasteiger charge is 2.25. The second-order valence-corrected chi connectivity index (χ2v) is 8.40. The van der Waals surface area contributed by atoms with E-state index in [-0.39, 0.29) is 23.6 Å². The minimum Gasteiger partial charge on any atom is -0.497 e. The zero-order valence-corrected chi connectivity index (χ0v) is 20.8. The minimum absolute atomic E-state index is 0.147. The summed E-state index contributed by atoms with van der Waals surface area (Å²) in [5.74, 6) is 0.251. The molecule has 0 bridgehead atoms. The minimum atomic E-state index is -0.748. The van der Waals surface area contributed by atoms with Crippen LogP contribution in [0.4, 0.5) is 11.4 Å². The number of benzene rings is 3. The molecule has 36 heavy (non-hydrogen) atoms. The smallest absolute Gasteiger partial charge is 0.255 e. The average molecular weight is 490 g/mol. The molecule has 0 saturated heterocycles. The van der Waals surface area contributed by atoms with E-state index in [1.165, 1.54) is 0 Å². The van der Waals surface area contributed by atoms with Crippen LogP contribution in [0, 0.1) is 5.92 Å². The van der Waals surface area contributed by atoms with Gasteiger partial charge < -0.3 is 25.4 Å². The van der Waals surface area contributed by atoms with Gasteiger partial charge in [-0.05, 0) is 85.6 Å². The van der Waals surface area contributed by atoms with E-state index in [1.807, 2.05) is 20.8 Å². The van der Waals surface area contributed by atoms with Crippen LogP contribution in [0.15, 0.2) is 72.8 Å². The number of nitrogens with one attached hydrogen (secondary N) is 3. The first-order chi connectivity index (χ1) is 17.3. The zero-order chi connectivity index (χ0) is 26.1. The number of rotatable bonds is 10. The first kappa shape index (κ1) is 26.3. The Morgan fingerprint density at radius 3 is 1.78 bits per heavy atom. The number of hydrogen-bond donors (Lipinski definition) is 3. The van der Waals surface area contributed by atoms with Crippen LogP contribution in [0.5, 0.6) is 11.5 Å². The number of amides is 3. The Balaban J connectivity index is 1.60. The van der Waals surface area contributed by atoms with Gasteiger partial charge in [0.2, 0.25) is 5.91 Å². The van der Waals surface area contributed by atoms with Crippen molar-refractivity contribution in [2.45, 2.75) is 26.8 Å². The summed E-state index contributed by atoms with van der Waals surface area (Å²) in [4.78, 5) is 38.2. The molecular formula is C28H31N3O5. The van der Waals surface area contributed by atoms with Gasteiger partial charge in [0, 0.05) is 22.5 Å². The predicted molar refractivity (Wildman–Crippen MR) is 140 cm³/mol. The van der Waals surface area contributed by atoms with Gasteiger partial charge in [-0.25, -0.2) is 0 Å². The zero-order valence-electron chi connectivity index (χ0n) is 20.8. The molecule has 0 aliphatic heterocycles. The normalized spacial score (nSPS) is 11.4. The van der Waals surface area contributed by atoms with Crippen LogP contribution in [0.1, 0.15) is 41.5 Å². The number of carbonyl (C=O) groups excluding carboxylic acids is 3. The average Bonchev–Trinajstić information content (AvgIpc) is 2.88. The van der Waals surface area contributed by atoms with Crippen molar-refractivity contribution in [2.24, 2.45) is 5.92 Å². The topological polar surface area (TPSA) is 106 Å². The molecule has 3 aromatic carbocycles. The summed E-state index contributed by atoms with van der Waals surface area (Å²) in [5, 5.41) is 8.43. The highest BCUT2D eigenvalue weighted by molar-refractivity contribution is 6.05. The Kier molecular flexibility index (Phi) is 9.05. The largest absolute Gasteiger partial charge is 0.497 e. The van der Waals surface area contributed by atoms with Crippen LogP contribution in [-0.4, -0.2) is 37.5 Å². The van der Waals surface area contributed by atoms with E-state index >= 15 is 0 Å². The molecule has 8 heteroatoms. The van der Waals surface area contributed by atoms with E-state index in [9.17, 15) is 14.4 Å². The summed E-state index contributed by atoms with van der Waals surface area (Å²) in [5.41, 5.74) is 2.03. The summed E-state index contributed by atoms with van der Waals surface area (Å²) in [6, 6.07) is 19.6. The van der Waals surface area contributed by atoms with Crippen molar-refractivity contribution < 1.29 is 23.9 Å². The van der Waals surface area contributed by atoms with E-state index in [1.54, 1.807) is 79.9 Å². The third kappa shape index (κ3) is 7.09. The second-order valence-electron chi connectivity index (χ2n) is 8.40. The summed E-state index contributed by atoms with van der Waals surface area (Å²) in [6.45, 7) is 6.14. The molecule has 0 unspecified atom stereocenters. The Morgan fingerprint density at radius 1 is 0.722 bits per heavy atom. The Hall–Kier alpha value is -4.33. The van der Waals surface area contributed by atoms with Gasteiger partial charge in [-0.15, -0.1) is 0 Å². The lowest BCUT2D eigenvalue weighted by Gasteiger charge is -2.22. The molecule has 188 valence electrons. The third-order valence-electron chi connectivity index (χ3n) is 5.43. The summed E-state index contributed by atoms with van der Waals surface area (Å²) in [7, 11) is 1.58. The van der Waals surface area contributed by atoms with Crippen molar-refractivity contribution in [3.63, 3.8) is 0 Å². The van der Waals surface area contributed by atoms with Crippen molar-refractivity contribution in [2.75, 3.05) is 24.4 Å². The Bertz CT molecular complexity index is 1170. The lowest BCUT2D eigenvalue weighted by Crippen LogP contribution is -2.47. The van der Waals surface area contributed by atoms with Gasteiger partial charge in [0.05, 0.1) is 13.7 Å². The maximum atomic E-state index is 12.9. The van der Waals surface area contributed by atoms with Crippen LogP contribution in [0.3, 0.4) is 0 Å². The molecule has 3 N–H and O–H groups in total. The molecule has 0 fully saturated rings. The summed E-state index contributed by atoms with van der Waals surface area (Å²) < 4.78 is 10.5. The van der Waals surface area contributed by atoms with Crippen LogP contribution in [-0.2, 0) is 4.79 Å². The fraction of sp³-hybridized carbons (Fsp3) is 0.250. The molecule has 1 atom stereocenters. The van der Waals surface area contributed by atoms with Gasteiger partial charge in [-0.2, -0.15) is 0 Å². The molecule has 3 rings (SSSR count). The molecule has 0 radical (unpaired) electrons. The number of anilines is 2. The van der Waals surface area contributed by atoms with Crippen molar-refractivity contribution in [3.8, 4) is 11.5 Å². The fourth-order valence-corrected chi connectivity index (χ4v) is 3.43. The van der Waals surface area contributed by atoms with Crippen molar-refractivity contribution in [1.29, 1.82) is 0 Å². The number of hydrogen-bond acceptors (Lipinski definition) is 5. The number of methoxy groups -OCH3 is 1. The Morgan fingerprint density at radius 2 is 1.22 bits per heavy atom. The molecule has 0 aliphatic carbocycles. The molecule has 0 spiro atoms. The summed E-state index contributed by atoms with van der Waals surface area (Å²) in [6.07, 6.45) is 0. The van der Waals surface area contributed by atoms with E-state index in [2.05, 4.69) is 16.0 Å². The molecule has 0 aromatic heterocycles. The lowest BCUT2D eigenvalue weighted by atomic mass is 10.0. The van der Waals surface area contributed by atoms with Gasteiger partial charge >= 0.3 is 0 Å². The van der Waals surface area contributed by atoms with Gasteiger partial charge in [0.25, 0.3) is 11.8 Å². The highest BCUT2D eigenvalue weighted by atomic mass is 16.5. The van der Waals surface area contributed by atoms with Crippen molar-refractivity contribution >= 4 is 29.1 Å². The van der Waals surface area contributed by atoms with Gasteiger partial charge in [-0.3, -0.25) is 14.4 Å². The maximum Gasteiger partial charge on any atom is 0.255 e. The molecular weight excluding hydrogens is 458 g/mol. The molecule has 8 nitrogen and oxygen atoms in total. The number of ether oxygens (including phenoxy) is 2. The van der Waals surface area contributed by atoms with Crippen molar-refractivity contribution in [1.82, 2.24) is 5.32 Å². The van der Waals surface area contributed by atoms with Crippen LogP contribution in [0.2, 0.25) is 0 Å². The van der Waals surface area contributed by atoms with Crippen LogP contribution >= 0.6 is 0 Å². The number of carbonyl (C=O) groups is 3. The quantitative estimate of drug-likeness (QED) is 0.382. The molecule has 3 aromatic rings. The standard InChI is InChI=1S/C28H31N3O5/c1-5-36-24-14-8-20(9-15-24)27(33)31-25(18(2)3)28(34)30-21-10-6-19(7-11-21)26(32)29-22-12-16-23(35-4)17-13-22/h6-18,25H,5H2,1-4H3,(H,29,32)(H,30,34)(H,31,33)/t25-/m0/s1. The highest BCUT2D eigenvalue weighted by Crippen LogP contribution is 2.18. The molecule has 0 heterocycles. The van der Waals surface area contributed by atoms with Gasteiger partial charge in [-0.1, -0.05) is 13.8 Å². The first-order valence-electron chi connectivity index (χ1n) is 11.7. The van der Waals surface area contributed by atoms with Crippen molar-refractivity contribution in [3.05, 3.63) is 83.9 Å². The third-order valence-corrected chi connectivity index (χ3v) is 5.43. The van der Waals surface area contributed by atoms with E-state index in [0.717, 1.165) is 0 Å². The lowest BCUT2D eigenvalue weighted by molar-refractivity contribution is -0.118. The fourth-order valence-electron chi connectivity index (χ4n) is 3.43. The van der Waals surface area contributed by atoms with Crippen LogP contribution < -0.4 is 25.4 Å². The van der Waals surface area contributed by atoms with E-state index in [4.69, 9.17) is 9.47 Å².